The molecule has 1 aromatic carbocycles. The van der Waals surface area contributed by atoms with E-state index >= 15 is 0 Å². The van der Waals surface area contributed by atoms with E-state index in [-0.39, 0.29) is 5.91 Å². The van der Waals surface area contributed by atoms with Gasteiger partial charge in [0.25, 0.3) is 0 Å². The van der Waals surface area contributed by atoms with Gasteiger partial charge in [-0.1, -0.05) is 12.1 Å². The highest BCUT2D eigenvalue weighted by atomic mass is 16.1. The van der Waals surface area contributed by atoms with E-state index in [9.17, 15) is 4.79 Å². The molecule has 0 bridgehead atoms. The van der Waals surface area contributed by atoms with E-state index in [0.29, 0.717) is 0 Å². The number of carbonyl (C=O) groups is 1. The van der Waals surface area contributed by atoms with Crippen LogP contribution >= 0.6 is 0 Å². The van der Waals surface area contributed by atoms with Gasteiger partial charge in [0.2, 0.25) is 5.91 Å². The molecule has 1 heterocycles. The van der Waals surface area contributed by atoms with Crippen LogP contribution in [0.4, 0.5) is 11.4 Å². The predicted molar refractivity (Wildman–Crippen MR) is 87.8 cm³/mol. The fourth-order valence-electron chi connectivity index (χ4n) is 2.79. The van der Waals surface area contributed by atoms with Crippen molar-refractivity contribution in [2.45, 2.75) is 25.3 Å². The zero-order valence-corrected chi connectivity index (χ0v) is 13.2. The first-order chi connectivity index (χ1) is 9.98. The Hall–Kier alpha value is -1.75. The first kappa shape index (κ1) is 15.6. The molecule has 116 valence electrons. The molecular weight excluding hydrogens is 264 g/mol. The zero-order chi connectivity index (χ0) is 15.5. The molecule has 1 aliphatic heterocycles. The molecule has 0 saturated heterocycles. The van der Waals surface area contributed by atoms with Gasteiger partial charge in [0.1, 0.15) is 0 Å². The number of carbonyl (C=O) groups excluding carboxylic acids is 1. The molecule has 5 nitrogen and oxygen atoms in total. The number of likely N-dealkylation sites (N-methyl/N-ethyl adjacent to an activating group) is 2. The van der Waals surface area contributed by atoms with Crippen molar-refractivity contribution in [3.8, 4) is 0 Å². The maximum absolute atomic E-state index is 11.5. The molecule has 0 radical (unpaired) electrons. The van der Waals surface area contributed by atoms with E-state index in [0.717, 1.165) is 32.5 Å². The van der Waals surface area contributed by atoms with Gasteiger partial charge < -0.3 is 20.9 Å². The van der Waals surface area contributed by atoms with Crippen LogP contribution in [-0.4, -0.2) is 45.2 Å². The number of rotatable bonds is 6. The summed E-state index contributed by atoms with van der Waals surface area (Å²) in [5, 5.41) is 3.04. The number of nitrogens with zero attached hydrogens (tertiary/aromatic N) is 2. The van der Waals surface area contributed by atoms with Crippen LogP contribution in [0, 0.1) is 0 Å². The SMILES string of the molecule is CNC(C)(CCCN1CCN(C)c2ccccc21)C(N)=O. The van der Waals surface area contributed by atoms with E-state index in [4.69, 9.17) is 5.73 Å². The van der Waals surface area contributed by atoms with Crippen molar-refractivity contribution in [2.75, 3.05) is 43.5 Å². The standard InChI is InChI=1S/C16H26N4O/c1-16(18-2,15(17)21)9-6-10-20-12-11-19(3)13-7-4-5-8-14(13)20/h4-5,7-8,18H,6,9-12H2,1-3H3,(H2,17,21). The predicted octanol–water partition coefficient (Wildman–Crippen LogP) is 1.19. The van der Waals surface area contributed by atoms with Gasteiger partial charge in [-0.2, -0.15) is 0 Å². The lowest BCUT2D eigenvalue weighted by Crippen LogP contribution is -2.51. The molecule has 5 heteroatoms. The second-order valence-electron chi connectivity index (χ2n) is 5.95. The van der Waals surface area contributed by atoms with Crippen LogP contribution in [0.5, 0.6) is 0 Å². The number of amides is 1. The third-order valence-electron chi connectivity index (χ3n) is 4.54. The Labute approximate surface area is 127 Å². The van der Waals surface area contributed by atoms with Crippen molar-refractivity contribution in [1.29, 1.82) is 0 Å². The van der Waals surface area contributed by atoms with Gasteiger partial charge in [0.05, 0.1) is 16.9 Å². The molecule has 0 spiro atoms. The summed E-state index contributed by atoms with van der Waals surface area (Å²) < 4.78 is 0. The summed E-state index contributed by atoms with van der Waals surface area (Å²) in [6.07, 6.45) is 1.67. The molecule has 1 unspecified atom stereocenters. The van der Waals surface area contributed by atoms with Crippen LogP contribution in [0.1, 0.15) is 19.8 Å². The Morgan fingerprint density at radius 2 is 2.00 bits per heavy atom. The van der Waals surface area contributed by atoms with Crippen molar-refractivity contribution in [1.82, 2.24) is 5.32 Å². The molecule has 0 aliphatic carbocycles. The largest absolute Gasteiger partial charge is 0.371 e. The second kappa shape index (κ2) is 6.35. The summed E-state index contributed by atoms with van der Waals surface area (Å²) >= 11 is 0. The summed E-state index contributed by atoms with van der Waals surface area (Å²) in [6.45, 7) is 4.85. The van der Waals surface area contributed by atoms with Gasteiger partial charge in [-0.3, -0.25) is 4.79 Å². The second-order valence-corrected chi connectivity index (χ2v) is 5.95. The van der Waals surface area contributed by atoms with Gasteiger partial charge in [0, 0.05) is 26.7 Å². The van der Waals surface area contributed by atoms with Crippen LogP contribution in [-0.2, 0) is 4.79 Å². The third-order valence-corrected chi connectivity index (χ3v) is 4.54. The first-order valence-electron chi connectivity index (χ1n) is 7.52. The van der Waals surface area contributed by atoms with Crippen molar-refractivity contribution < 1.29 is 4.79 Å². The molecular formula is C16H26N4O. The number of anilines is 2. The summed E-state index contributed by atoms with van der Waals surface area (Å²) in [5.41, 5.74) is 7.40. The van der Waals surface area contributed by atoms with Gasteiger partial charge in [-0.15, -0.1) is 0 Å². The number of nitrogens with one attached hydrogen (secondary N) is 1. The van der Waals surface area contributed by atoms with E-state index < -0.39 is 5.54 Å². The fourth-order valence-corrected chi connectivity index (χ4v) is 2.79. The van der Waals surface area contributed by atoms with E-state index in [2.05, 4.69) is 46.4 Å². The minimum Gasteiger partial charge on any atom is -0.371 e. The van der Waals surface area contributed by atoms with Gasteiger partial charge in [-0.05, 0) is 38.9 Å². The van der Waals surface area contributed by atoms with Crippen LogP contribution < -0.4 is 20.9 Å². The summed E-state index contributed by atoms with van der Waals surface area (Å²) in [5.74, 6) is -0.288. The van der Waals surface area contributed by atoms with Crippen LogP contribution in [0.15, 0.2) is 24.3 Å². The van der Waals surface area contributed by atoms with Gasteiger partial charge >= 0.3 is 0 Å². The van der Waals surface area contributed by atoms with Crippen molar-refractivity contribution in [3.05, 3.63) is 24.3 Å². The molecule has 21 heavy (non-hydrogen) atoms. The summed E-state index contributed by atoms with van der Waals surface area (Å²) in [4.78, 5) is 16.2. The van der Waals surface area contributed by atoms with Crippen molar-refractivity contribution in [3.63, 3.8) is 0 Å². The Bertz CT molecular complexity index is 505. The molecule has 0 aromatic heterocycles. The molecule has 1 atom stereocenters. The van der Waals surface area contributed by atoms with Crippen LogP contribution in [0.3, 0.4) is 0 Å². The van der Waals surface area contributed by atoms with Crippen molar-refractivity contribution >= 4 is 17.3 Å². The molecule has 3 N–H and O–H groups in total. The fraction of sp³-hybridized carbons (Fsp3) is 0.562. The van der Waals surface area contributed by atoms with E-state index in [1.807, 2.05) is 6.92 Å². The smallest absolute Gasteiger partial charge is 0.237 e. The number of hydrogen-bond acceptors (Lipinski definition) is 4. The van der Waals surface area contributed by atoms with Gasteiger partial charge in [-0.25, -0.2) is 0 Å². The maximum Gasteiger partial charge on any atom is 0.237 e. The summed E-state index contributed by atoms with van der Waals surface area (Å²) in [7, 11) is 3.91. The van der Waals surface area contributed by atoms with Crippen LogP contribution in [0.25, 0.3) is 0 Å². The molecule has 0 fully saturated rings. The highest BCUT2D eigenvalue weighted by molar-refractivity contribution is 5.84. The normalized spacial score (nSPS) is 17.3. The lowest BCUT2D eigenvalue weighted by atomic mass is 9.95. The van der Waals surface area contributed by atoms with Crippen molar-refractivity contribution in [2.24, 2.45) is 5.73 Å². The molecule has 1 aliphatic rings. The maximum atomic E-state index is 11.5. The average Bonchev–Trinajstić information content (AvgIpc) is 2.49. The van der Waals surface area contributed by atoms with E-state index in [1.54, 1.807) is 7.05 Å². The quantitative estimate of drug-likeness (QED) is 0.826. The highest BCUT2D eigenvalue weighted by Gasteiger charge is 2.29. The zero-order valence-electron chi connectivity index (χ0n) is 13.2. The number of para-hydroxylation sites is 2. The Morgan fingerprint density at radius 3 is 2.62 bits per heavy atom. The summed E-state index contributed by atoms with van der Waals surface area (Å²) in [6, 6.07) is 8.47. The number of benzene rings is 1. The molecule has 2 rings (SSSR count). The van der Waals surface area contributed by atoms with Gasteiger partial charge in [0.15, 0.2) is 0 Å². The topological polar surface area (TPSA) is 61.6 Å². The molecule has 1 amide bonds. The minimum absolute atomic E-state index is 0.288. The monoisotopic (exact) mass is 290 g/mol. The van der Waals surface area contributed by atoms with Crippen LogP contribution in [0.2, 0.25) is 0 Å². The number of primary amides is 1. The number of nitrogens with two attached hydrogens (primary N) is 1. The number of fused-ring (bicyclic) bond motifs is 1. The lowest BCUT2D eigenvalue weighted by molar-refractivity contribution is -0.123. The molecule has 1 aromatic rings. The Balaban J connectivity index is 1.99. The number of hydrogen-bond donors (Lipinski definition) is 2. The minimum atomic E-state index is -0.619. The molecule has 0 saturated carbocycles. The lowest BCUT2D eigenvalue weighted by Gasteiger charge is -2.37. The van der Waals surface area contributed by atoms with E-state index in [1.165, 1.54) is 11.4 Å². The Kier molecular flexibility index (Phi) is 4.73. The Morgan fingerprint density at radius 1 is 1.33 bits per heavy atom. The third kappa shape index (κ3) is 3.29. The highest BCUT2D eigenvalue weighted by Crippen LogP contribution is 2.31. The first-order valence-corrected chi connectivity index (χ1v) is 7.52. The average molecular weight is 290 g/mol.